The minimum Gasteiger partial charge on any atom is -0.397 e. The summed E-state index contributed by atoms with van der Waals surface area (Å²) in [6.45, 7) is 2.03. The fourth-order valence-electron chi connectivity index (χ4n) is 1.75. The summed E-state index contributed by atoms with van der Waals surface area (Å²) < 4.78 is 3.57. The van der Waals surface area contributed by atoms with Crippen molar-refractivity contribution in [3.05, 3.63) is 26.9 Å². The number of anilines is 1. The van der Waals surface area contributed by atoms with Gasteiger partial charge in [-0.1, -0.05) is 34.2 Å². The summed E-state index contributed by atoms with van der Waals surface area (Å²) in [5, 5.41) is 13.6. The van der Waals surface area contributed by atoms with Gasteiger partial charge in [0.1, 0.15) is 5.01 Å². The largest absolute Gasteiger partial charge is 0.397 e. The van der Waals surface area contributed by atoms with Crippen LogP contribution in [0.4, 0.5) is 5.69 Å². The number of aryl methyl sites for hydroxylation is 1. The van der Waals surface area contributed by atoms with Crippen LogP contribution in [0.2, 0.25) is 0 Å². The molecule has 0 fully saturated rings. The lowest BCUT2D eigenvalue weighted by atomic mass is 10.2. The van der Waals surface area contributed by atoms with Crippen LogP contribution in [-0.4, -0.2) is 19.8 Å². The van der Waals surface area contributed by atoms with Gasteiger partial charge in [0, 0.05) is 20.9 Å². The summed E-state index contributed by atoms with van der Waals surface area (Å²) in [4.78, 5) is 0.780. The average Bonchev–Trinajstić information content (AvgIpc) is 2.93. The van der Waals surface area contributed by atoms with E-state index in [-0.39, 0.29) is 0 Å². The lowest BCUT2D eigenvalue weighted by Crippen LogP contribution is -1.95. The van der Waals surface area contributed by atoms with Gasteiger partial charge in [0.05, 0.1) is 5.69 Å². The third-order valence-electron chi connectivity index (χ3n) is 2.70. The molecule has 0 amide bonds. The maximum atomic E-state index is 6.10. The molecule has 0 aliphatic carbocycles. The Morgan fingerprint density at radius 3 is 2.84 bits per heavy atom. The molecule has 8 heteroatoms. The number of hydrogen-bond donors (Lipinski definition) is 1. The monoisotopic (exact) mass is 401 g/mol. The SMILES string of the molecule is CCc1nnc2sc(-c3cc(Br)cc(Br)c3N)nn12. The number of halogens is 2. The molecule has 0 spiro atoms. The number of nitrogens with zero attached hydrogens (tertiary/aromatic N) is 4. The summed E-state index contributed by atoms with van der Waals surface area (Å²) in [5.74, 6) is 0.852. The predicted molar refractivity (Wildman–Crippen MR) is 83.3 cm³/mol. The Labute approximate surface area is 130 Å². The Balaban J connectivity index is 2.21. The molecule has 0 radical (unpaired) electrons. The molecule has 1 aromatic carbocycles. The highest BCUT2D eigenvalue weighted by atomic mass is 79.9. The molecular weight excluding hydrogens is 394 g/mol. The molecule has 0 aliphatic heterocycles. The minimum atomic E-state index is 0.672. The van der Waals surface area contributed by atoms with Gasteiger partial charge < -0.3 is 5.73 Å². The zero-order valence-electron chi connectivity index (χ0n) is 9.89. The topological polar surface area (TPSA) is 69.1 Å². The molecule has 0 unspecified atom stereocenters. The molecule has 2 aromatic heterocycles. The number of hydrogen-bond acceptors (Lipinski definition) is 5. The van der Waals surface area contributed by atoms with E-state index in [2.05, 4.69) is 47.2 Å². The molecule has 0 bridgehead atoms. The van der Waals surface area contributed by atoms with E-state index in [0.717, 1.165) is 36.7 Å². The molecule has 19 heavy (non-hydrogen) atoms. The smallest absolute Gasteiger partial charge is 0.234 e. The highest BCUT2D eigenvalue weighted by Gasteiger charge is 2.15. The summed E-state index contributed by atoms with van der Waals surface area (Å²) in [7, 11) is 0. The predicted octanol–water partition coefficient (Wildman–Crippen LogP) is 3.52. The van der Waals surface area contributed by atoms with Crippen LogP contribution >= 0.6 is 43.2 Å². The molecule has 0 saturated heterocycles. The van der Waals surface area contributed by atoms with Crippen LogP contribution in [0.25, 0.3) is 15.5 Å². The third-order valence-corrected chi connectivity index (χ3v) is 4.74. The molecule has 0 atom stereocenters. The van der Waals surface area contributed by atoms with E-state index in [9.17, 15) is 0 Å². The minimum absolute atomic E-state index is 0.672. The number of aromatic nitrogens is 4. The second-order valence-electron chi connectivity index (χ2n) is 3.92. The highest BCUT2D eigenvalue weighted by molar-refractivity contribution is 9.11. The second-order valence-corrected chi connectivity index (χ2v) is 6.65. The number of nitrogen functional groups attached to an aromatic ring is 1. The van der Waals surface area contributed by atoms with E-state index >= 15 is 0 Å². The van der Waals surface area contributed by atoms with Crippen molar-refractivity contribution in [3.63, 3.8) is 0 Å². The van der Waals surface area contributed by atoms with Crippen molar-refractivity contribution >= 4 is 53.8 Å². The van der Waals surface area contributed by atoms with Crippen LogP contribution in [-0.2, 0) is 6.42 Å². The van der Waals surface area contributed by atoms with E-state index in [1.165, 1.54) is 11.3 Å². The van der Waals surface area contributed by atoms with Crippen LogP contribution in [0.5, 0.6) is 0 Å². The Morgan fingerprint density at radius 1 is 1.32 bits per heavy atom. The Morgan fingerprint density at radius 2 is 2.11 bits per heavy atom. The van der Waals surface area contributed by atoms with Gasteiger partial charge in [0.2, 0.25) is 4.96 Å². The number of benzene rings is 1. The zero-order valence-corrected chi connectivity index (χ0v) is 13.9. The van der Waals surface area contributed by atoms with Crippen molar-refractivity contribution in [2.75, 3.05) is 5.73 Å². The van der Waals surface area contributed by atoms with Gasteiger partial charge in [-0.05, 0) is 28.1 Å². The molecule has 0 aliphatic rings. The van der Waals surface area contributed by atoms with Crippen molar-refractivity contribution in [2.45, 2.75) is 13.3 Å². The van der Waals surface area contributed by atoms with Crippen molar-refractivity contribution < 1.29 is 0 Å². The van der Waals surface area contributed by atoms with E-state index in [4.69, 9.17) is 5.73 Å². The first-order valence-electron chi connectivity index (χ1n) is 5.56. The Kier molecular flexibility index (Phi) is 3.32. The van der Waals surface area contributed by atoms with Crippen LogP contribution < -0.4 is 5.73 Å². The van der Waals surface area contributed by atoms with Crippen LogP contribution in [0.3, 0.4) is 0 Å². The van der Waals surface area contributed by atoms with Crippen LogP contribution in [0.15, 0.2) is 21.1 Å². The quantitative estimate of drug-likeness (QED) is 0.665. The van der Waals surface area contributed by atoms with Crippen molar-refractivity contribution in [3.8, 4) is 10.6 Å². The van der Waals surface area contributed by atoms with Crippen LogP contribution in [0, 0.1) is 0 Å². The molecule has 3 aromatic rings. The molecule has 2 N–H and O–H groups in total. The summed E-state index contributed by atoms with van der Waals surface area (Å²) in [6.07, 6.45) is 0.794. The van der Waals surface area contributed by atoms with Gasteiger partial charge in [-0.2, -0.15) is 9.61 Å². The first kappa shape index (κ1) is 13.0. The third kappa shape index (κ3) is 2.17. The molecular formula is C11H9Br2N5S. The number of fused-ring (bicyclic) bond motifs is 1. The maximum Gasteiger partial charge on any atom is 0.234 e. The van der Waals surface area contributed by atoms with Crippen molar-refractivity contribution in [2.24, 2.45) is 0 Å². The average molecular weight is 403 g/mol. The molecule has 2 heterocycles. The normalized spacial score (nSPS) is 11.3. The lowest BCUT2D eigenvalue weighted by Gasteiger charge is -2.05. The van der Waals surface area contributed by atoms with E-state index in [0.29, 0.717) is 5.69 Å². The second kappa shape index (κ2) is 4.84. The van der Waals surface area contributed by atoms with Crippen molar-refractivity contribution in [1.29, 1.82) is 0 Å². The Bertz CT molecular complexity index is 764. The lowest BCUT2D eigenvalue weighted by molar-refractivity contribution is 0.838. The Hall–Kier alpha value is -0.990. The highest BCUT2D eigenvalue weighted by Crippen LogP contribution is 2.36. The van der Waals surface area contributed by atoms with Gasteiger partial charge in [-0.3, -0.25) is 0 Å². The molecule has 3 rings (SSSR count). The van der Waals surface area contributed by atoms with Gasteiger partial charge in [0.25, 0.3) is 0 Å². The first-order chi connectivity index (χ1) is 9.10. The maximum absolute atomic E-state index is 6.10. The van der Waals surface area contributed by atoms with Crippen molar-refractivity contribution in [1.82, 2.24) is 19.8 Å². The zero-order chi connectivity index (χ0) is 13.6. The van der Waals surface area contributed by atoms with Gasteiger partial charge in [-0.25, -0.2) is 0 Å². The number of nitrogens with two attached hydrogens (primary N) is 1. The summed E-state index contributed by atoms with van der Waals surface area (Å²) in [5.41, 5.74) is 7.66. The summed E-state index contributed by atoms with van der Waals surface area (Å²) >= 11 is 8.38. The fraction of sp³-hybridized carbons (Fsp3) is 0.182. The van der Waals surface area contributed by atoms with Gasteiger partial charge >= 0.3 is 0 Å². The fourth-order valence-corrected chi connectivity index (χ4v) is 3.86. The first-order valence-corrected chi connectivity index (χ1v) is 7.96. The van der Waals surface area contributed by atoms with E-state index in [1.54, 1.807) is 4.52 Å². The molecule has 98 valence electrons. The van der Waals surface area contributed by atoms with Gasteiger partial charge in [-0.15, -0.1) is 10.2 Å². The standard InChI is InChI=1S/C11H9Br2N5S/c1-2-8-15-16-11-18(8)17-10(19-11)6-3-5(12)4-7(13)9(6)14/h3-4H,2,14H2,1H3. The van der Waals surface area contributed by atoms with Crippen LogP contribution in [0.1, 0.15) is 12.7 Å². The molecule has 5 nitrogen and oxygen atoms in total. The molecule has 0 saturated carbocycles. The summed E-state index contributed by atoms with van der Waals surface area (Å²) in [6, 6.07) is 3.87. The van der Waals surface area contributed by atoms with E-state index in [1.807, 2.05) is 19.1 Å². The van der Waals surface area contributed by atoms with E-state index < -0.39 is 0 Å². The van der Waals surface area contributed by atoms with Gasteiger partial charge in [0.15, 0.2) is 5.82 Å². The number of rotatable bonds is 2.